The van der Waals surface area contributed by atoms with Gasteiger partial charge in [0.25, 0.3) is 10.0 Å². The van der Waals surface area contributed by atoms with E-state index in [1.807, 2.05) is 58.9 Å². The fourth-order valence-corrected chi connectivity index (χ4v) is 5.83. The Morgan fingerprint density at radius 1 is 0.925 bits per heavy atom. The average Bonchev–Trinajstić information content (AvgIpc) is 2.92. The van der Waals surface area contributed by atoms with E-state index in [0.29, 0.717) is 23.7 Å². The Balaban J connectivity index is 2.05. The predicted octanol–water partition coefficient (Wildman–Crippen LogP) is 5.73. The fourth-order valence-electron chi connectivity index (χ4n) is 4.29. The summed E-state index contributed by atoms with van der Waals surface area (Å²) in [7, 11) is -4.14. The highest BCUT2D eigenvalue weighted by Gasteiger charge is 2.33. The first kappa shape index (κ1) is 31.2. The van der Waals surface area contributed by atoms with Gasteiger partial charge in [0.1, 0.15) is 12.6 Å². The first-order valence-electron chi connectivity index (χ1n) is 13.4. The van der Waals surface area contributed by atoms with Crippen molar-refractivity contribution in [3.8, 4) is 0 Å². The van der Waals surface area contributed by atoms with E-state index in [1.165, 1.54) is 29.2 Å². The van der Waals surface area contributed by atoms with Crippen molar-refractivity contribution in [1.29, 1.82) is 0 Å². The third-order valence-electron chi connectivity index (χ3n) is 6.67. The number of carbonyl (C=O) groups is 2. The van der Waals surface area contributed by atoms with Gasteiger partial charge in [-0.25, -0.2) is 8.42 Å². The van der Waals surface area contributed by atoms with E-state index in [1.54, 1.807) is 24.3 Å². The number of nitrogens with zero attached hydrogens (tertiary/aromatic N) is 2. The Bertz CT molecular complexity index is 1410. The minimum atomic E-state index is -4.14. The Morgan fingerprint density at radius 2 is 1.55 bits per heavy atom. The number of amides is 2. The number of carbonyl (C=O) groups excluding carboxylic acids is 2. The lowest BCUT2D eigenvalue weighted by Crippen LogP contribution is -2.52. The van der Waals surface area contributed by atoms with Gasteiger partial charge in [-0.05, 0) is 73.7 Å². The number of nitrogens with one attached hydrogen (secondary N) is 1. The number of hydrogen-bond acceptors (Lipinski definition) is 4. The fraction of sp³-hybridized carbons (Fsp3) is 0.355. The largest absolute Gasteiger partial charge is 0.354 e. The summed E-state index contributed by atoms with van der Waals surface area (Å²) in [5.41, 5.74) is 3.16. The van der Waals surface area contributed by atoms with E-state index in [2.05, 4.69) is 5.32 Å². The van der Waals surface area contributed by atoms with Crippen molar-refractivity contribution in [2.45, 2.75) is 58.5 Å². The predicted molar refractivity (Wildman–Crippen MR) is 161 cm³/mol. The SMILES string of the molecule is CC[C@H](C(=O)NCC(C)C)N(Cc1ccccc1C)C(=O)CN(c1ccc(C)cc1)S(=O)(=O)c1ccc(Cl)cc1. The molecule has 40 heavy (non-hydrogen) atoms. The first-order valence-corrected chi connectivity index (χ1v) is 15.2. The van der Waals surface area contributed by atoms with Gasteiger partial charge < -0.3 is 10.2 Å². The molecule has 3 rings (SSSR count). The van der Waals surface area contributed by atoms with Crippen LogP contribution < -0.4 is 9.62 Å². The maximum Gasteiger partial charge on any atom is 0.264 e. The van der Waals surface area contributed by atoms with Crippen molar-refractivity contribution in [2.24, 2.45) is 5.92 Å². The number of hydrogen-bond donors (Lipinski definition) is 1. The number of anilines is 1. The molecule has 1 atom stereocenters. The highest BCUT2D eigenvalue weighted by atomic mass is 35.5. The zero-order valence-corrected chi connectivity index (χ0v) is 25.3. The molecular weight excluding hydrogens is 546 g/mol. The molecule has 1 N–H and O–H groups in total. The lowest BCUT2D eigenvalue weighted by atomic mass is 10.1. The lowest BCUT2D eigenvalue weighted by Gasteiger charge is -2.33. The van der Waals surface area contributed by atoms with Crippen molar-refractivity contribution >= 4 is 39.1 Å². The van der Waals surface area contributed by atoms with Gasteiger partial charge >= 0.3 is 0 Å². The molecule has 0 saturated carbocycles. The van der Waals surface area contributed by atoms with Gasteiger partial charge in [-0.2, -0.15) is 0 Å². The molecule has 0 aliphatic rings. The summed E-state index contributed by atoms with van der Waals surface area (Å²) in [6, 6.07) is 19.7. The lowest BCUT2D eigenvalue weighted by molar-refractivity contribution is -0.140. The number of benzene rings is 3. The minimum absolute atomic E-state index is 0.0115. The molecule has 9 heteroatoms. The van der Waals surface area contributed by atoms with E-state index in [-0.39, 0.29) is 23.3 Å². The van der Waals surface area contributed by atoms with Crippen molar-refractivity contribution in [3.63, 3.8) is 0 Å². The summed E-state index contributed by atoms with van der Waals surface area (Å²) >= 11 is 6.01. The second kappa shape index (κ2) is 13.8. The molecular formula is C31H38ClN3O4S. The van der Waals surface area contributed by atoms with Crippen LogP contribution in [0.25, 0.3) is 0 Å². The Labute approximate surface area is 243 Å². The third kappa shape index (κ3) is 7.86. The second-order valence-electron chi connectivity index (χ2n) is 10.3. The zero-order chi connectivity index (χ0) is 29.4. The van der Waals surface area contributed by atoms with Gasteiger partial charge in [-0.3, -0.25) is 13.9 Å². The molecule has 0 aliphatic carbocycles. The standard InChI is InChI=1S/C31H38ClN3O4S/c1-6-29(31(37)33-19-22(2)3)34(20-25-10-8-7-9-24(25)5)30(36)21-35(27-15-11-23(4)12-16-27)40(38,39)28-17-13-26(32)14-18-28/h7-18,22,29H,6,19-21H2,1-5H3,(H,33,37)/t29-/m1/s1. The van der Waals surface area contributed by atoms with Crippen LogP contribution in [0, 0.1) is 19.8 Å². The average molecular weight is 584 g/mol. The smallest absolute Gasteiger partial charge is 0.264 e. The van der Waals surface area contributed by atoms with Crippen LogP contribution in [-0.2, 0) is 26.2 Å². The molecule has 0 unspecified atom stereocenters. The van der Waals surface area contributed by atoms with Crippen LogP contribution in [0.5, 0.6) is 0 Å². The van der Waals surface area contributed by atoms with E-state index in [4.69, 9.17) is 11.6 Å². The highest BCUT2D eigenvalue weighted by Crippen LogP contribution is 2.26. The normalized spacial score (nSPS) is 12.2. The number of sulfonamides is 1. The molecule has 0 aliphatic heterocycles. The quantitative estimate of drug-likeness (QED) is 0.295. The van der Waals surface area contributed by atoms with Crippen LogP contribution in [-0.4, -0.2) is 44.3 Å². The first-order chi connectivity index (χ1) is 18.9. The molecule has 7 nitrogen and oxygen atoms in total. The van der Waals surface area contributed by atoms with Crippen LogP contribution in [0.4, 0.5) is 5.69 Å². The van der Waals surface area contributed by atoms with Crippen LogP contribution in [0.15, 0.2) is 77.7 Å². The van der Waals surface area contributed by atoms with E-state index >= 15 is 0 Å². The van der Waals surface area contributed by atoms with Gasteiger partial charge in [0.2, 0.25) is 11.8 Å². The van der Waals surface area contributed by atoms with Crippen molar-refractivity contribution in [1.82, 2.24) is 10.2 Å². The summed E-state index contributed by atoms with van der Waals surface area (Å²) in [5, 5.41) is 3.35. The monoisotopic (exact) mass is 583 g/mol. The van der Waals surface area contributed by atoms with Gasteiger partial charge in [-0.1, -0.05) is 74.3 Å². The number of halogens is 1. The molecule has 0 aromatic heterocycles. The summed E-state index contributed by atoms with van der Waals surface area (Å²) in [6.07, 6.45) is 0.371. The maximum atomic E-state index is 14.1. The molecule has 0 fully saturated rings. The summed E-state index contributed by atoms with van der Waals surface area (Å²) in [6.45, 7) is 9.86. The number of aryl methyl sites for hydroxylation is 2. The molecule has 0 heterocycles. The van der Waals surface area contributed by atoms with E-state index < -0.39 is 28.5 Å². The van der Waals surface area contributed by atoms with Crippen LogP contribution >= 0.6 is 11.6 Å². The Hall–Kier alpha value is -3.36. The molecule has 3 aromatic rings. The molecule has 0 spiro atoms. The summed E-state index contributed by atoms with van der Waals surface area (Å²) < 4.78 is 28.9. The summed E-state index contributed by atoms with van der Waals surface area (Å²) in [5.74, 6) is -0.503. The number of rotatable bonds is 12. The van der Waals surface area contributed by atoms with Crippen molar-refractivity contribution < 1.29 is 18.0 Å². The van der Waals surface area contributed by atoms with Crippen molar-refractivity contribution in [3.05, 3.63) is 94.5 Å². The minimum Gasteiger partial charge on any atom is -0.354 e. The molecule has 0 radical (unpaired) electrons. The molecule has 0 bridgehead atoms. The van der Waals surface area contributed by atoms with Gasteiger partial charge in [0.15, 0.2) is 0 Å². The molecule has 2 amide bonds. The highest BCUT2D eigenvalue weighted by molar-refractivity contribution is 7.92. The van der Waals surface area contributed by atoms with E-state index in [0.717, 1.165) is 21.0 Å². The topological polar surface area (TPSA) is 86.8 Å². The van der Waals surface area contributed by atoms with Crippen LogP contribution in [0.1, 0.15) is 43.9 Å². The van der Waals surface area contributed by atoms with Gasteiger partial charge in [-0.15, -0.1) is 0 Å². The van der Waals surface area contributed by atoms with Gasteiger partial charge in [0, 0.05) is 18.1 Å². The van der Waals surface area contributed by atoms with Crippen LogP contribution in [0.3, 0.4) is 0 Å². The van der Waals surface area contributed by atoms with Crippen LogP contribution in [0.2, 0.25) is 5.02 Å². The van der Waals surface area contributed by atoms with E-state index in [9.17, 15) is 18.0 Å². The maximum absolute atomic E-state index is 14.1. The molecule has 3 aromatic carbocycles. The zero-order valence-electron chi connectivity index (χ0n) is 23.7. The molecule has 214 valence electrons. The Morgan fingerprint density at radius 3 is 2.12 bits per heavy atom. The summed E-state index contributed by atoms with van der Waals surface area (Å²) in [4.78, 5) is 28.9. The third-order valence-corrected chi connectivity index (χ3v) is 8.71. The van der Waals surface area contributed by atoms with Crippen molar-refractivity contribution in [2.75, 3.05) is 17.4 Å². The molecule has 0 saturated heterocycles. The van der Waals surface area contributed by atoms with Gasteiger partial charge in [0.05, 0.1) is 10.6 Å². The second-order valence-corrected chi connectivity index (χ2v) is 12.6. The Kier molecular flexibility index (Phi) is 10.8.